The van der Waals surface area contributed by atoms with Crippen molar-refractivity contribution in [2.24, 2.45) is 0 Å². The lowest BCUT2D eigenvalue weighted by Gasteiger charge is -2.16. The third kappa shape index (κ3) is 5.67. The molecule has 2 aromatic carbocycles. The first-order chi connectivity index (χ1) is 13.5. The van der Waals surface area contributed by atoms with Crippen LogP contribution in [0.25, 0.3) is 0 Å². The molecule has 0 fully saturated rings. The summed E-state index contributed by atoms with van der Waals surface area (Å²) in [5, 5.41) is 29.7. The molecule has 0 bridgehead atoms. The Morgan fingerprint density at radius 2 is 1.55 bits per heavy atom. The van der Waals surface area contributed by atoms with Gasteiger partial charge in [-0.1, -0.05) is 0 Å². The molecule has 8 nitrogen and oxygen atoms in total. The standard InChI is InChI=1S/C17H17F3N2O6S/c18-10-5-12(19)16(13(20)6-10)22-29(27,28)11-3-1-9(2-4-11)17(26)21-7-14(24)15(25)8-23/h1-6,14-15,22-25H,7-8H2,(H,21,26). The minimum absolute atomic E-state index is 0.00576. The molecule has 0 heterocycles. The van der Waals surface area contributed by atoms with Gasteiger partial charge in [-0.25, -0.2) is 21.6 Å². The largest absolute Gasteiger partial charge is 0.394 e. The number of hydrogen-bond donors (Lipinski definition) is 5. The van der Waals surface area contributed by atoms with Crippen LogP contribution in [0.2, 0.25) is 0 Å². The molecule has 2 unspecified atom stereocenters. The Kier molecular flexibility index (Phi) is 7.19. The fourth-order valence-electron chi connectivity index (χ4n) is 2.18. The number of carbonyl (C=O) groups excluding carboxylic acids is 1. The molecule has 0 aliphatic carbocycles. The molecule has 1 amide bonds. The first kappa shape index (κ1) is 22.6. The lowest BCUT2D eigenvalue weighted by atomic mass is 10.2. The summed E-state index contributed by atoms with van der Waals surface area (Å²) >= 11 is 0. The van der Waals surface area contributed by atoms with Gasteiger partial charge in [0.05, 0.1) is 17.6 Å². The van der Waals surface area contributed by atoms with E-state index in [1.165, 1.54) is 0 Å². The van der Waals surface area contributed by atoms with Crippen LogP contribution in [0.3, 0.4) is 0 Å². The first-order valence-corrected chi connectivity index (χ1v) is 9.56. The van der Waals surface area contributed by atoms with Gasteiger partial charge in [-0.05, 0) is 24.3 Å². The second kappa shape index (κ2) is 9.22. The molecule has 0 aliphatic rings. The lowest BCUT2D eigenvalue weighted by Crippen LogP contribution is -2.40. The highest BCUT2D eigenvalue weighted by atomic mass is 32.2. The minimum atomic E-state index is -4.44. The zero-order valence-electron chi connectivity index (χ0n) is 14.6. The van der Waals surface area contributed by atoms with Crippen LogP contribution in [0.15, 0.2) is 41.3 Å². The maximum Gasteiger partial charge on any atom is 0.262 e. The number of aliphatic hydroxyl groups excluding tert-OH is 3. The number of halogens is 3. The van der Waals surface area contributed by atoms with Crippen LogP contribution in [-0.2, 0) is 10.0 Å². The monoisotopic (exact) mass is 434 g/mol. The predicted octanol–water partition coefficient (Wildman–Crippen LogP) is 0.349. The summed E-state index contributed by atoms with van der Waals surface area (Å²) < 4.78 is 66.4. The molecule has 2 aromatic rings. The summed E-state index contributed by atoms with van der Waals surface area (Å²) in [5.74, 6) is -4.80. The Labute approximate surface area is 163 Å². The van der Waals surface area contributed by atoms with Crippen LogP contribution in [0, 0.1) is 17.5 Å². The van der Waals surface area contributed by atoms with Crippen molar-refractivity contribution in [1.29, 1.82) is 0 Å². The van der Waals surface area contributed by atoms with Gasteiger partial charge in [0.2, 0.25) is 0 Å². The fraction of sp³-hybridized carbons (Fsp3) is 0.235. The Morgan fingerprint density at radius 3 is 2.07 bits per heavy atom. The van der Waals surface area contributed by atoms with Gasteiger partial charge < -0.3 is 20.6 Å². The number of benzene rings is 2. The van der Waals surface area contributed by atoms with Gasteiger partial charge >= 0.3 is 0 Å². The van der Waals surface area contributed by atoms with E-state index in [1.54, 1.807) is 4.72 Å². The van der Waals surface area contributed by atoms with Crippen LogP contribution in [0.5, 0.6) is 0 Å². The number of nitrogens with one attached hydrogen (secondary N) is 2. The van der Waals surface area contributed by atoms with Gasteiger partial charge in [0.25, 0.3) is 15.9 Å². The van der Waals surface area contributed by atoms with E-state index >= 15 is 0 Å². The third-order valence-electron chi connectivity index (χ3n) is 3.77. The highest BCUT2D eigenvalue weighted by Gasteiger charge is 2.21. The molecule has 0 radical (unpaired) electrons. The second-order valence-corrected chi connectivity index (χ2v) is 7.58. The Bertz CT molecular complexity index is 962. The molecule has 0 aromatic heterocycles. The highest BCUT2D eigenvalue weighted by molar-refractivity contribution is 7.92. The van der Waals surface area contributed by atoms with E-state index in [4.69, 9.17) is 5.11 Å². The van der Waals surface area contributed by atoms with Crippen molar-refractivity contribution in [1.82, 2.24) is 5.32 Å². The maximum atomic E-state index is 13.6. The Hall–Kier alpha value is -2.67. The topological polar surface area (TPSA) is 136 Å². The highest BCUT2D eigenvalue weighted by Crippen LogP contribution is 2.23. The van der Waals surface area contributed by atoms with Gasteiger partial charge in [-0.2, -0.15) is 0 Å². The van der Waals surface area contributed by atoms with Gasteiger partial charge in [-0.3, -0.25) is 9.52 Å². The number of aliphatic hydroxyl groups is 3. The molecular weight excluding hydrogens is 417 g/mol. The van der Waals surface area contributed by atoms with E-state index in [-0.39, 0.29) is 12.1 Å². The number of sulfonamides is 1. The van der Waals surface area contributed by atoms with E-state index in [9.17, 15) is 36.6 Å². The SMILES string of the molecule is O=C(NCC(O)C(O)CO)c1ccc(S(=O)(=O)Nc2c(F)cc(F)cc2F)cc1. The molecule has 0 saturated heterocycles. The normalized spacial score (nSPS) is 13.6. The van der Waals surface area contributed by atoms with Gasteiger partial charge in [0.1, 0.15) is 17.6 Å². The van der Waals surface area contributed by atoms with E-state index in [0.29, 0.717) is 12.1 Å². The van der Waals surface area contributed by atoms with Crippen molar-refractivity contribution >= 4 is 21.6 Å². The molecular formula is C17H17F3N2O6S. The van der Waals surface area contributed by atoms with Crippen molar-refractivity contribution in [2.45, 2.75) is 17.1 Å². The minimum Gasteiger partial charge on any atom is -0.394 e. The lowest BCUT2D eigenvalue weighted by molar-refractivity contribution is -0.0123. The fourth-order valence-corrected chi connectivity index (χ4v) is 3.25. The summed E-state index contributed by atoms with van der Waals surface area (Å²) in [5.41, 5.74) is -1.06. The zero-order valence-corrected chi connectivity index (χ0v) is 15.5. The maximum absolute atomic E-state index is 13.6. The Morgan fingerprint density at radius 1 is 1.00 bits per heavy atom. The molecule has 2 atom stereocenters. The smallest absolute Gasteiger partial charge is 0.262 e. The van der Waals surface area contributed by atoms with E-state index < -0.39 is 62.8 Å². The molecule has 12 heteroatoms. The molecule has 158 valence electrons. The van der Waals surface area contributed by atoms with Crippen LogP contribution in [0.1, 0.15) is 10.4 Å². The quantitative estimate of drug-likeness (QED) is 0.407. The molecule has 2 rings (SSSR count). The van der Waals surface area contributed by atoms with Crippen molar-refractivity contribution < 1.29 is 41.7 Å². The summed E-state index contributed by atoms with van der Waals surface area (Å²) in [7, 11) is -4.44. The molecule has 0 saturated carbocycles. The van der Waals surface area contributed by atoms with Crippen LogP contribution < -0.4 is 10.0 Å². The molecule has 0 aliphatic heterocycles. The van der Waals surface area contributed by atoms with Crippen molar-refractivity contribution in [2.75, 3.05) is 17.9 Å². The summed E-state index contributed by atoms with van der Waals surface area (Å²) in [4.78, 5) is 11.5. The second-order valence-electron chi connectivity index (χ2n) is 5.90. The number of amides is 1. The number of hydrogen-bond acceptors (Lipinski definition) is 6. The average Bonchev–Trinajstić information content (AvgIpc) is 2.68. The van der Waals surface area contributed by atoms with Crippen molar-refractivity contribution in [3.8, 4) is 0 Å². The van der Waals surface area contributed by atoms with E-state index in [2.05, 4.69) is 5.32 Å². The average molecular weight is 434 g/mol. The van der Waals surface area contributed by atoms with Crippen LogP contribution in [0.4, 0.5) is 18.9 Å². The summed E-state index contributed by atoms with van der Waals surface area (Å²) in [6, 6.07) is 4.84. The summed E-state index contributed by atoms with van der Waals surface area (Å²) in [6.45, 7) is -1.07. The number of anilines is 1. The summed E-state index contributed by atoms with van der Waals surface area (Å²) in [6.07, 6.45) is -2.85. The van der Waals surface area contributed by atoms with Crippen molar-refractivity contribution in [3.63, 3.8) is 0 Å². The number of carbonyl (C=O) groups is 1. The van der Waals surface area contributed by atoms with E-state index in [1.807, 2.05) is 0 Å². The van der Waals surface area contributed by atoms with Gasteiger partial charge in [0.15, 0.2) is 11.6 Å². The zero-order chi connectivity index (χ0) is 21.8. The van der Waals surface area contributed by atoms with Crippen LogP contribution in [-0.4, -0.2) is 55.0 Å². The molecule has 0 spiro atoms. The van der Waals surface area contributed by atoms with E-state index in [0.717, 1.165) is 24.3 Å². The van der Waals surface area contributed by atoms with Crippen molar-refractivity contribution in [3.05, 3.63) is 59.4 Å². The van der Waals surface area contributed by atoms with Gasteiger partial charge in [0, 0.05) is 24.2 Å². The number of rotatable bonds is 8. The molecule has 29 heavy (non-hydrogen) atoms. The first-order valence-electron chi connectivity index (χ1n) is 8.07. The Balaban J connectivity index is 2.12. The van der Waals surface area contributed by atoms with Gasteiger partial charge in [-0.15, -0.1) is 0 Å². The third-order valence-corrected chi connectivity index (χ3v) is 5.14. The van der Waals surface area contributed by atoms with Crippen LogP contribution >= 0.6 is 0 Å². The molecule has 5 N–H and O–H groups in total. The predicted molar refractivity (Wildman–Crippen MR) is 95.0 cm³/mol.